The molecule has 3 rings (SSSR count). The number of carbonyl (C=O) groups excluding carboxylic acids is 3. The van der Waals surface area contributed by atoms with Crippen LogP contribution in [0.3, 0.4) is 0 Å². The maximum absolute atomic E-state index is 12.3. The lowest BCUT2D eigenvalue weighted by molar-refractivity contribution is -0.115. The van der Waals surface area contributed by atoms with Gasteiger partial charge in [0.25, 0.3) is 0 Å². The maximum Gasteiger partial charge on any atom is 0.338 e. The first-order valence-corrected chi connectivity index (χ1v) is 8.90. The molecule has 6 nitrogen and oxygen atoms in total. The van der Waals surface area contributed by atoms with Crippen LogP contribution in [-0.2, 0) is 9.53 Å². The molecule has 0 atom stereocenters. The van der Waals surface area contributed by atoms with E-state index in [0.717, 1.165) is 5.69 Å². The Bertz CT molecular complexity index is 976. The molecule has 1 heterocycles. The summed E-state index contributed by atoms with van der Waals surface area (Å²) in [6.45, 7) is 1.41. The van der Waals surface area contributed by atoms with Crippen LogP contribution in [0.2, 0.25) is 0 Å². The van der Waals surface area contributed by atoms with E-state index in [1.807, 2.05) is 35.2 Å². The van der Waals surface area contributed by atoms with Gasteiger partial charge < -0.3 is 14.6 Å². The van der Waals surface area contributed by atoms with Crippen molar-refractivity contribution in [1.82, 2.24) is 4.57 Å². The van der Waals surface area contributed by atoms with E-state index in [-0.39, 0.29) is 18.3 Å². The number of benzene rings is 2. The number of hydrogen-bond acceptors (Lipinski definition) is 4. The number of aromatic nitrogens is 1. The third kappa shape index (κ3) is 4.73. The molecule has 0 unspecified atom stereocenters. The van der Waals surface area contributed by atoms with Crippen molar-refractivity contribution in [2.75, 3.05) is 11.9 Å². The third-order valence-electron chi connectivity index (χ3n) is 4.13. The number of rotatable bonds is 7. The molecule has 0 saturated heterocycles. The van der Waals surface area contributed by atoms with Gasteiger partial charge in [-0.1, -0.05) is 13.0 Å². The van der Waals surface area contributed by atoms with Crippen molar-refractivity contribution >= 4 is 23.3 Å². The zero-order valence-electron chi connectivity index (χ0n) is 15.4. The van der Waals surface area contributed by atoms with Crippen LogP contribution in [0.4, 0.5) is 5.69 Å². The molecule has 0 aliphatic carbocycles. The number of carbonyl (C=O) groups is 3. The normalized spacial score (nSPS) is 10.3. The number of Topliss-reactive ketones (excluding diaryl/α,β-unsaturated/α-hetero) is 1. The summed E-state index contributed by atoms with van der Waals surface area (Å²) in [5, 5.41) is 2.71. The molecule has 28 heavy (non-hydrogen) atoms. The standard InChI is InChI=1S/C22H20N2O4/c1-2-21(26)23-18-10-8-16(9-11-18)20(25)15-28-22(27)17-6-5-7-19(14-17)24-12-3-4-13-24/h3-14H,2,15H2,1H3,(H,23,26). The second kappa shape index (κ2) is 8.81. The fourth-order valence-corrected chi connectivity index (χ4v) is 2.59. The van der Waals surface area contributed by atoms with E-state index >= 15 is 0 Å². The van der Waals surface area contributed by atoms with E-state index in [1.54, 1.807) is 49.4 Å². The van der Waals surface area contributed by atoms with Gasteiger partial charge in [0.05, 0.1) is 5.56 Å². The molecule has 1 N–H and O–H groups in total. The molecular weight excluding hydrogens is 356 g/mol. The summed E-state index contributed by atoms with van der Waals surface area (Å²) in [5.41, 5.74) is 2.22. The van der Waals surface area contributed by atoms with Gasteiger partial charge in [-0.2, -0.15) is 0 Å². The Morgan fingerprint density at radius 1 is 0.929 bits per heavy atom. The van der Waals surface area contributed by atoms with E-state index in [0.29, 0.717) is 23.2 Å². The number of ether oxygens (including phenoxy) is 1. The molecule has 0 bridgehead atoms. The lowest BCUT2D eigenvalue weighted by Crippen LogP contribution is -2.15. The molecule has 1 aromatic heterocycles. The number of anilines is 1. The highest BCUT2D eigenvalue weighted by molar-refractivity contribution is 6.00. The molecule has 0 aliphatic rings. The van der Waals surface area contributed by atoms with Crippen molar-refractivity contribution < 1.29 is 19.1 Å². The Labute approximate surface area is 162 Å². The lowest BCUT2D eigenvalue weighted by Gasteiger charge is -2.08. The molecule has 6 heteroatoms. The zero-order chi connectivity index (χ0) is 19.9. The maximum atomic E-state index is 12.3. The van der Waals surface area contributed by atoms with Crippen LogP contribution in [0.15, 0.2) is 73.1 Å². The van der Waals surface area contributed by atoms with Crippen LogP contribution in [0, 0.1) is 0 Å². The summed E-state index contributed by atoms with van der Waals surface area (Å²) in [7, 11) is 0. The number of nitrogens with zero attached hydrogens (tertiary/aromatic N) is 1. The summed E-state index contributed by atoms with van der Waals surface area (Å²) >= 11 is 0. The van der Waals surface area contributed by atoms with Crippen molar-refractivity contribution in [2.24, 2.45) is 0 Å². The van der Waals surface area contributed by atoms with E-state index in [4.69, 9.17) is 4.74 Å². The van der Waals surface area contributed by atoms with E-state index < -0.39 is 5.97 Å². The number of amides is 1. The van der Waals surface area contributed by atoms with Crippen LogP contribution >= 0.6 is 0 Å². The van der Waals surface area contributed by atoms with Crippen LogP contribution in [0.25, 0.3) is 5.69 Å². The molecule has 142 valence electrons. The van der Waals surface area contributed by atoms with Gasteiger partial charge in [-0.25, -0.2) is 4.79 Å². The van der Waals surface area contributed by atoms with Crippen LogP contribution in [0.5, 0.6) is 0 Å². The van der Waals surface area contributed by atoms with Crippen molar-refractivity contribution in [3.8, 4) is 5.69 Å². The molecule has 0 saturated carbocycles. The van der Waals surface area contributed by atoms with Crippen molar-refractivity contribution in [3.63, 3.8) is 0 Å². The summed E-state index contributed by atoms with van der Waals surface area (Å²) in [5.74, 6) is -0.979. The fourth-order valence-electron chi connectivity index (χ4n) is 2.59. The minimum absolute atomic E-state index is 0.102. The Morgan fingerprint density at radius 2 is 1.64 bits per heavy atom. The Balaban J connectivity index is 1.59. The molecule has 1 amide bonds. The smallest absolute Gasteiger partial charge is 0.338 e. The first-order valence-electron chi connectivity index (χ1n) is 8.90. The van der Waals surface area contributed by atoms with Crippen molar-refractivity contribution in [3.05, 3.63) is 84.2 Å². The minimum Gasteiger partial charge on any atom is -0.454 e. The summed E-state index contributed by atoms with van der Waals surface area (Å²) in [6, 6.07) is 17.2. The summed E-state index contributed by atoms with van der Waals surface area (Å²) in [4.78, 5) is 35.9. The second-order valence-electron chi connectivity index (χ2n) is 6.12. The van der Waals surface area contributed by atoms with E-state index in [1.165, 1.54) is 0 Å². The van der Waals surface area contributed by atoms with Crippen LogP contribution < -0.4 is 5.32 Å². The van der Waals surface area contributed by atoms with Gasteiger partial charge in [0.2, 0.25) is 5.91 Å². The highest BCUT2D eigenvalue weighted by Gasteiger charge is 2.13. The van der Waals surface area contributed by atoms with Gasteiger partial charge in [-0.05, 0) is 54.6 Å². The Morgan fingerprint density at radius 3 is 2.32 bits per heavy atom. The molecule has 0 spiro atoms. The molecule has 3 aromatic rings. The van der Waals surface area contributed by atoms with Gasteiger partial charge in [-0.3, -0.25) is 9.59 Å². The molecule has 0 radical (unpaired) electrons. The van der Waals surface area contributed by atoms with Crippen molar-refractivity contribution in [1.29, 1.82) is 0 Å². The highest BCUT2D eigenvalue weighted by atomic mass is 16.5. The number of esters is 1. The fraction of sp³-hybridized carbons (Fsp3) is 0.136. The summed E-state index contributed by atoms with van der Waals surface area (Å²) in [6.07, 6.45) is 4.13. The van der Waals surface area contributed by atoms with Gasteiger partial charge in [0.1, 0.15) is 0 Å². The molecular formula is C22H20N2O4. The Kier molecular flexibility index (Phi) is 6.01. The lowest BCUT2D eigenvalue weighted by atomic mass is 10.1. The third-order valence-corrected chi connectivity index (χ3v) is 4.13. The number of ketones is 1. The number of nitrogens with one attached hydrogen (secondary N) is 1. The average molecular weight is 376 g/mol. The second-order valence-corrected chi connectivity index (χ2v) is 6.12. The molecule has 0 fully saturated rings. The monoisotopic (exact) mass is 376 g/mol. The first-order chi connectivity index (χ1) is 13.6. The van der Waals surface area contributed by atoms with Gasteiger partial charge in [0, 0.05) is 35.8 Å². The molecule has 0 aliphatic heterocycles. The minimum atomic E-state index is -0.561. The number of hydrogen-bond donors (Lipinski definition) is 1. The van der Waals surface area contributed by atoms with Crippen LogP contribution in [-0.4, -0.2) is 28.8 Å². The first kappa shape index (κ1) is 19.1. The molecule has 2 aromatic carbocycles. The van der Waals surface area contributed by atoms with E-state index in [9.17, 15) is 14.4 Å². The van der Waals surface area contributed by atoms with Gasteiger partial charge >= 0.3 is 5.97 Å². The highest BCUT2D eigenvalue weighted by Crippen LogP contribution is 2.13. The van der Waals surface area contributed by atoms with Gasteiger partial charge in [0.15, 0.2) is 12.4 Å². The van der Waals surface area contributed by atoms with Gasteiger partial charge in [-0.15, -0.1) is 0 Å². The average Bonchev–Trinajstić information content (AvgIpc) is 3.27. The predicted molar refractivity (Wildman–Crippen MR) is 106 cm³/mol. The largest absolute Gasteiger partial charge is 0.454 e. The Hall–Kier alpha value is -3.67. The predicted octanol–water partition coefficient (Wildman–Crippen LogP) is 3.87. The topological polar surface area (TPSA) is 77.4 Å². The zero-order valence-corrected chi connectivity index (χ0v) is 15.4. The SMILES string of the molecule is CCC(=O)Nc1ccc(C(=O)COC(=O)c2cccc(-n3cccc3)c2)cc1. The quantitative estimate of drug-likeness (QED) is 0.502. The van der Waals surface area contributed by atoms with Crippen molar-refractivity contribution in [2.45, 2.75) is 13.3 Å². The van der Waals surface area contributed by atoms with Crippen LogP contribution in [0.1, 0.15) is 34.1 Å². The summed E-state index contributed by atoms with van der Waals surface area (Å²) < 4.78 is 7.04. The van der Waals surface area contributed by atoms with E-state index in [2.05, 4.69) is 5.32 Å².